The number of hydrogen-bond donors (Lipinski definition) is 0. The minimum absolute atomic E-state index is 0.360. The van der Waals surface area contributed by atoms with Crippen molar-refractivity contribution < 1.29 is 0 Å². The van der Waals surface area contributed by atoms with Crippen molar-refractivity contribution in [1.82, 2.24) is 0 Å². The summed E-state index contributed by atoms with van der Waals surface area (Å²) in [5.74, 6) is 0. The van der Waals surface area contributed by atoms with Gasteiger partial charge in [0.15, 0.2) is 0 Å². The average molecular weight is 288 g/mol. The van der Waals surface area contributed by atoms with Crippen LogP contribution in [-0.2, 0) is 0 Å². The zero-order chi connectivity index (χ0) is 9.14. The Morgan fingerprint density at radius 3 is 2.08 bits per heavy atom. The Balaban J connectivity index is 3.10. The van der Waals surface area contributed by atoms with Crippen LogP contribution in [0.5, 0.6) is 0 Å². The van der Waals surface area contributed by atoms with Crippen LogP contribution in [0.15, 0.2) is 12.1 Å². The van der Waals surface area contributed by atoms with Crippen LogP contribution in [0.25, 0.3) is 0 Å². The number of halogens is 3. The third kappa shape index (κ3) is 2.55. The van der Waals surface area contributed by atoms with Gasteiger partial charge in [-0.15, -0.1) is 0 Å². The van der Waals surface area contributed by atoms with Crippen LogP contribution in [0.3, 0.4) is 0 Å². The van der Waals surface area contributed by atoms with E-state index in [2.05, 4.69) is 6.92 Å². The van der Waals surface area contributed by atoms with E-state index >= 15 is 0 Å². The fourth-order valence-electron chi connectivity index (χ4n) is 0.811. The summed E-state index contributed by atoms with van der Waals surface area (Å²) in [6.07, 6.45) is 0. The van der Waals surface area contributed by atoms with Gasteiger partial charge in [0.2, 0.25) is 0 Å². The number of rotatable bonds is 2. The molecule has 0 N–H and O–H groups in total. The molecular formula is C8H7Cl3Se. The Hall–Kier alpha value is 0.609. The molecule has 0 amide bonds. The van der Waals surface area contributed by atoms with Crippen molar-refractivity contribution in [3.63, 3.8) is 0 Å². The second-order valence-corrected chi connectivity index (χ2v) is 6.06. The van der Waals surface area contributed by atoms with Crippen molar-refractivity contribution in [2.45, 2.75) is 12.2 Å². The van der Waals surface area contributed by atoms with Gasteiger partial charge in [-0.25, -0.2) is 0 Å². The topological polar surface area (TPSA) is 0 Å². The van der Waals surface area contributed by atoms with Crippen LogP contribution in [0.2, 0.25) is 20.4 Å². The molecule has 12 heavy (non-hydrogen) atoms. The van der Waals surface area contributed by atoms with Gasteiger partial charge in [-0.1, -0.05) is 0 Å². The monoisotopic (exact) mass is 288 g/mol. The predicted molar refractivity (Wildman–Crippen MR) is 57.3 cm³/mol. The molecule has 0 atom stereocenters. The molecule has 1 aromatic carbocycles. The molecule has 1 aromatic rings. The summed E-state index contributed by atoms with van der Waals surface area (Å²) in [4.78, 5) is 0. The standard InChI is InChI=1S/C8H7Cl3Se/c1-2-12-8-6(10)3-5(9)4-7(8)11/h3-4H,2H2,1H3. The molecule has 0 spiro atoms. The molecule has 0 unspecified atom stereocenters. The quantitative estimate of drug-likeness (QED) is 0.732. The third-order valence-electron chi connectivity index (χ3n) is 1.25. The molecular weight excluding hydrogens is 281 g/mol. The molecule has 0 saturated heterocycles. The number of hydrogen-bond acceptors (Lipinski definition) is 0. The van der Waals surface area contributed by atoms with Crippen LogP contribution in [0.1, 0.15) is 6.92 Å². The zero-order valence-corrected chi connectivity index (χ0v) is 10.4. The molecule has 0 heterocycles. The molecule has 0 aliphatic carbocycles. The first-order valence-corrected chi connectivity index (χ1v) is 6.62. The molecule has 0 bridgehead atoms. The maximum atomic E-state index is 5.96. The molecule has 0 aromatic heterocycles. The van der Waals surface area contributed by atoms with Crippen LogP contribution in [-0.4, -0.2) is 15.0 Å². The van der Waals surface area contributed by atoms with Gasteiger partial charge < -0.3 is 0 Å². The van der Waals surface area contributed by atoms with Gasteiger partial charge in [0, 0.05) is 0 Å². The molecule has 4 heteroatoms. The van der Waals surface area contributed by atoms with E-state index in [0.717, 1.165) is 9.78 Å². The predicted octanol–water partition coefficient (Wildman–Crippen LogP) is 3.41. The minimum atomic E-state index is 0.360. The van der Waals surface area contributed by atoms with E-state index in [4.69, 9.17) is 34.8 Å². The van der Waals surface area contributed by atoms with Gasteiger partial charge >= 0.3 is 93.7 Å². The van der Waals surface area contributed by atoms with Crippen LogP contribution < -0.4 is 4.46 Å². The van der Waals surface area contributed by atoms with Crippen LogP contribution in [0.4, 0.5) is 0 Å². The molecule has 0 nitrogen and oxygen atoms in total. The van der Waals surface area contributed by atoms with Gasteiger partial charge in [0.25, 0.3) is 0 Å². The van der Waals surface area contributed by atoms with Crippen molar-refractivity contribution in [3.05, 3.63) is 27.2 Å². The van der Waals surface area contributed by atoms with Crippen LogP contribution in [0, 0.1) is 0 Å². The Kier molecular flexibility index (Phi) is 4.22. The van der Waals surface area contributed by atoms with Gasteiger partial charge in [-0.3, -0.25) is 0 Å². The summed E-state index contributed by atoms with van der Waals surface area (Å²) >= 11 is 18.0. The summed E-state index contributed by atoms with van der Waals surface area (Å²) < 4.78 is 1.05. The van der Waals surface area contributed by atoms with Gasteiger partial charge in [-0.05, 0) is 0 Å². The van der Waals surface area contributed by atoms with Crippen molar-refractivity contribution in [2.24, 2.45) is 0 Å². The molecule has 0 fully saturated rings. The van der Waals surface area contributed by atoms with E-state index in [1.54, 1.807) is 12.1 Å². The SMILES string of the molecule is CC[Se]c1c(Cl)cc(Cl)cc1Cl. The van der Waals surface area contributed by atoms with Gasteiger partial charge in [0.05, 0.1) is 0 Å². The summed E-state index contributed by atoms with van der Waals surface area (Å²) in [5.41, 5.74) is 0. The second-order valence-electron chi connectivity index (χ2n) is 2.13. The first-order valence-electron chi connectivity index (χ1n) is 3.42. The van der Waals surface area contributed by atoms with Crippen molar-refractivity contribution in [1.29, 1.82) is 0 Å². The van der Waals surface area contributed by atoms with E-state index in [-0.39, 0.29) is 0 Å². The Bertz CT molecular complexity index is 263. The Morgan fingerprint density at radius 2 is 1.67 bits per heavy atom. The first kappa shape index (κ1) is 10.7. The van der Waals surface area contributed by atoms with Gasteiger partial charge in [0.1, 0.15) is 0 Å². The molecule has 0 aliphatic heterocycles. The molecule has 0 radical (unpaired) electrons. The summed E-state index contributed by atoms with van der Waals surface area (Å²) in [5, 5.41) is 3.07. The summed E-state index contributed by atoms with van der Waals surface area (Å²) in [6, 6.07) is 3.48. The van der Waals surface area contributed by atoms with Gasteiger partial charge in [-0.2, -0.15) is 0 Å². The fourth-order valence-corrected chi connectivity index (χ4v) is 3.63. The first-order chi connectivity index (χ1) is 5.65. The third-order valence-corrected chi connectivity index (χ3v) is 4.71. The normalized spacial score (nSPS) is 10.3. The number of benzene rings is 1. The second kappa shape index (κ2) is 4.74. The van der Waals surface area contributed by atoms with E-state index < -0.39 is 0 Å². The summed E-state index contributed by atoms with van der Waals surface area (Å²) in [6.45, 7) is 2.11. The zero-order valence-electron chi connectivity index (χ0n) is 6.40. The van der Waals surface area contributed by atoms with E-state index in [1.165, 1.54) is 0 Å². The molecule has 0 aliphatic rings. The van der Waals surface area contributed by atoms with Crippen molar-refractivity contribution >= 4 is 54.2 Å². The Labute approximate surface area is 93.4 Å². The van der Waals surface area contributed by atoms with Crippen LogP contribution >= 0.6 is 34.8 Å². The molecule has 0 saturated carbocycles. The fraction of sp³-hybridized carbons (Fsp3) is 0.250. The van der Waals surface area contributed by atoms with E-state index in [1.807, 2.05) is 0 Å². The molecule has 1 rings (SSSR count). The Morgan fingerprint density at radius 1 is 1.17 bits per heavy atom. The van der Waals surface area contributed by atoms with E-state index in [0.29, 0.717) is 30.0 Å². The summed E-state index contributed by atoms with van der Waals surface area (Å²) in [7, 11) is 0. The maximum absolute atomic E-state index is 5.96. The molecule has 66 valence electrons. The van der Waals surface area contributed by atoms with E-state index in [9.17, 15) is 0 Å². The van der Waals surface area contributed by atoms with Crippen molar-refractivity contribution in [2.75, 3.05) is 0 Å². The van der Waals surface area contributed by atoms with Crippen molar-refractivity contribution in [3.8, 4) is 0 Å². The average Bonchev–Trinajstić information content (AvgIpc) is 1.96.